The fraction of sp³-hybridized carbons (Fsp3) is 0.636. The van der Waals surface area contributed by atoms with Gasteiger partial charge in [-0.15, -0.1) is 0 Å². The molecule has 74 valence electrons. The first-order chi connectivity index (χ1) is 6.20. The Hall–Kier alpha value is -0.940. The van der Waals surface area contributed by atoms with Gasteiger partial charge in [-0.05, 0) is 33.7 Å². The highest BCUT2D eigenvalue weighted by Gasteiger charge is 1.96. The van der Waals surface area contributed by atoms with E-state index in [1.165, 1.54) is 6.42 Å². The molecule has 13 heavy (non-hydrogen) atoms. The topological polar surface area (TPSA) is 24.1 Å². The second-order valence-electron chi connectivity index (χ2n) is 3.11. The summed E-state index contributed by atoms with van der Waals surface area (Å²) in [6.45, 7) is 8.74. The van der Waals surface area contributed by atoms with E-state index in [0.29, 0.717) is 6.04 Å². The van der Waals surface area contributed by atoms with Gasteiger partial charge in [0.25, 0.3) is 0 Å². The van der Waals surface area contributed by atoms with E-state index in [4.69, 9.17) is 0 Å². The van der Waals surface area contributed by atoms with Crippen LogP contribution in [-0.2, 0) is 0 Å². The molecule has 0 radical (unpaired) electrons. The predicted octanol–water partition coefficient (Wildman–Crippen LogP) is 1.50. The first-order valence-electron chi connectivity index (χ1n) is 4.73. The zero-order chi connectivity index (χ0) is 10.1. The van der Waals surface area contributed by atoms with Gasteiger partial charge in [-0.2, -0.15) is 0 Å². The molecule has 2 N–H and O–H groups in total. The zero-order valence-electron chi connectivity index (χ0n) is 8.91. The zero-order valence-corrected chi connectivity index (χ0v) is 8.91. The van der Waals surface area contributed by atoms with Crippen LogP contribution in [0.1, 0.15) is 26.7 Å². The Balaban J connectivity index is 3.34. The first-order valence-corrected chi connectivity index (χ1v) is 4.73. The molecule has 1 unspecified atom stereocenters. The molecule has 0 aromatic heterocycles. The van der Waals surface area contributed by atoms with Crippen LogP contribution in [0.15, 0.2) is 12.3 Å². The summed E-state index contributed by atoms with van der Waals surface area (Å²) < 4.78 is 0. The largest absolute Gasteiger partial charge is 0.379 e. The predicted molar refractivity (Wildman–Crippen MR) is 58.3 cm³/mol. The van der Waals surface area contributed by atoms with E-state index in [1.807, 2.05) is 14.0 Å². The molecule has 0 bridgehead atoms. The van der Waals surface area contributed by atoms with Gasteiger partial charge in [0.15, 0.2) is 0 Å². The molecule has 0 aliphatic heterocycles. The number of hydrogen-bond donors (Lipinski definition) is 2. The van der Waals surface area contributed by atoms with Crippen molar-refractivity contribution in [1.82, 2.24) is 10.6 Å². The van der Waals surface area contributed by atoms with E-state index in [-0.39, 0.29) is 0 Å². The van der Waals surface area contributed by atoms with Crippen molar-refractivity contribution in [1.29, 1.82) is 0 Å². The Morgan fingerprint density at radius 2 is 2.23 bits per heavy atom. The highest BCUT2D eigenvalue weighted by Crippen LogP contribution is 1.94. The second-order valence-corrected chi connectivity index (χ2v) is 3.11. The lowest BCUT2D eigenvalue weighted by atomic mass is 10.2. The lowest BCUT2D eigenvalue weighted by Crippen LogP contribution is -2.23. The average Bonchev–Trinajstić information content (AvgIpc) is 2.12. The molecule has 0 amide bonds. The van der Waals surface area contributed by atoms with Gasteiger partial charge in [0.2, 0.25) is 0 Å². The molecule has 0 fully saturated rings. The quantitative estimate of drug-likeness (QED) is 0.478. The molecular formula is C11H20N2. The van der Waals surface area contributed by atoms with E-state index < -0.39 is 0 Å². The third-order valence-electron chi connectivity index (χ3n) is 1.92. The van der Waals surface area contributed by atoms with E-state index >= 15 is 0 Å². The minimum Gasteiger partial charge on any atom is -0.379 e. The molecule has 2 heteroatoms. The molecule has 0 rings (SSSR count). The molecule has 0 aromatic rings. The molecule has 0 aliphatic carbocycles. The van der Waals surface area contributed by atoms with Gasteiger partial charge in [0.05, 0.1) is 5.70 Å². The lowest BCUT2D eigenvalue weighted by molar-refractivity contribution is 0.534. The van der Waals surface area contributed by atoms with Crippen LogP contribution < -0.4 is 10.6 Å². The Bertz CT molecular complexity index is 198. The van der Waals surface area contributed by atoms with Crippen LogP contribution in [0, 0.1) is 11.8 Å². The van der Waals surface area contributed by atoms with Crippen LogP contribution in [0.4, 0.5) is 0 Å². The van der Waals surface area contributed by atoms with Crippen LogP contribution in [0.2, 0.25) is 0 Å². The first kappa shape index (κ1) is 12.1. The maximum Gasteiger partial charge on any atom is 0.0780 e. The maximum atomic E-state index is 3.78. The summed E-state index contributed by atoms with van der Waals surface area (Å²) in [5.74, 6) is 5.68. The van der Waals surface area contributed by atoms with Crippen LogP contribution >= 0.6 is 0 Å². The van der Waals surface area contributed by atoms with Crippen LogP contribution in [-0.4, -0.2) is 19.6 Å². The van der Waals surface area contributed by atoms with Gasteiger partial charge in [-0.3, -0.25) is 0 Å². The van der Waals surface area contributed by atoms with E-state index in [0.717, 1.165) is 18.7 Å². The average molecular weight is 180 g/mol. The van der Waals surface area contributed by atoms with Crippen molar-refractivity contribution < 1.29 is 0 Å². The molecule has 2 nitrogen and oxygen atoms in total. The molecule has 0 spiro atoms. The van der Waals surface area contributed by atoms with Crippen molar-refractivity contribution in [3.05, 3.63) is 12.3 Å². The van der Waals surface area contributed by atoms with E-state index in [2.05, 4.69) is 36.0 Å². The third kappa shape index (κ3) is 7.42. The Morgan fingerprint density at radius 1 is 1.54 bits per heavy atom. The number of allylic oxidation sites excluding steroid dienone is 1. The SMILES string of the molecule is C=C(C#CC)NCCCC(C)NC. The fourth-order valence-electron chi connectivity index (χ4n) is 0.987. The number of hydrogen-bond acceptors (Lipinski definition) is 2. The monoisotopic (exact) mass is 180 g/mol. The summed E-state index contributed by atoms with van der Waals surface area (Å²) in [6.07, 6.45) is 2.32. The molecule has 0 saturated carbocycles. The summed E-state index contributed by atoms with van der Waals surface area (Å²) in [4.78, 5) is 0. The maximum absolute atomic E-state index is 3.78. The molecule has 0 aliphatic rings. The smallest absolute Gasteiger partial charge is 0.0780 e. The molecule has 0 saturated heterocycles. The summed E-state index contributed by atoms with van der Waals surface area (Å²) in [7, 11) is 1.99. The third-order valence-corrected chi connectivity index (χ3v) is 1.92. The van der Waals surface area contributed by atoms with Crippen LogP contribution in [0.25, 0.3) is 0 Å². The molecule has 0 aromatic carbocycles. The normalized spacial score (nSPS) is 11.3. The van der Waals surface area contributed by atoms with E-state index in [9.17, 15) is 0 Å². The summed E-state index contributed by atoms with van der Waals surface area (Å²) in [5, 5.41) is 6.37. The van der Waals surface area contributed by atoms with Crippen LogP contribution in [0.3, 0.4) is 0 Å². The number of rotatable bonds is 6. The highest BCUT2D eigenvalue weighted by molar-refractivity contribution is 5.22. The van der Waals surface area contributed by atoms with Gasteiger partial charge >= 0.3 is 0 Å². The molecular weight excluding hydrogens is 160 g/mol. The van der Waals surface area contributed by atoms with Crippen molar-refractivity contribution in [2.75, 3.05) is 13.6 Å². The van der Waals surface area contributed by atoms with E-state index in [1.54, 1.807) is 0 Å². The summed E-state index contributed by atoms with van der Waals surface area (Å²) in [5.41, 5.74) is 0.819. The van der Waals surface area contributed by atoms with Crippen molar-refractivity contribution in [2.24, 2.45) is 0 Å². The van der Waals surface area contributed by atoms with Gasteiger partial charge < -0.3 is 10.6 Å². The van der Waals surface area contributed by atoms with Crippen molar-refractivity contribution in [2.45, 2.75) is 32.7 Å². The van der Waals surface area contributed by atoms with Gasteiger partial charge in [-0.1, -0.05) is 18.4 Å². The molecule has 1 atom stereocenters. The van der Waals surface area contributed by atoms with Crippen molar-refractivity contribution in [3.8, 4) is 11.8 Å². The minimum atomic E-state index is 0.590. The van der Waals surface area contributed by atoms with Crippen molar-refractivity contribution in [3.63, 3.8) is 0 Å². The van der Waals surface area contributed by atoms with Gasteiger partial charge in [-0.25, -0.2) is 0 Å². The van der Waals surface area contributed by atoms with Gasteiger partial charge in [0.1, 0.15) is 0 Å². The van der Waals surface area contributed by atoms with Crippen LogP contribution in [0.5, 0.6) is 0 Å². The lowest BCUT2D eigenvalue weighted by Gasteiger charge is -2.09. The highest BCUT2D eigenvalue weighted by atomic mass is 14.9. The Kier molecular flexibility index (Phi) is 7.14. The fourth-order valence-corrected chi connectivity index (χ4v) is 0.987. The molecule has 0 heterocycles. The van der Waals surface area contributed by atoms with Crippen molar-refractivity contribution >= 4 is 0 Å². The summed E-state index contributed by atoms with van der Waals surface area (Å²) in [6, 6.07) is 0.590. The minimum absolute atomic E-state index is 0.590. The Morgan fingerprint density at radius 3 is 2.77 bits per heavy atom. The van der Waals surface area contributed by atoms with Gasteiger partial charge in [0, 0.05) is 12.6 Å². The second kappa shape index (κ2) is 7.70. The standard InChI is InChI=1S/C11H20N2/c1-5-7-11(3)13-9-6-8-10(2)12-4/h10,12-13H,3,6,8-9H2,1-2,4H3. The summed E-state index contributed by atoms with van der Waals surface area (Å²) >= 11 is 0. The Labute approximate surface area is 81.8 Å². The number of nitrogens with one attached hydrogen (secondary N) is 2.